The van der Waals surface area contributed by atoms with E-state index in [0.717, 1.165) is 11.8 Å². The Morgan fingerprint density at radius 3 is 2.82 bits per heavy atom. The molecule has 90 valence electrons. The van der Waals surface area contributed by atoms with Crippen LogP contribution in [0.5, 0.6) is 0 Å². The Balaban J connectivity index is 2.24. The number of para-hydroxylation sites is 1. The molecule has 0 spiro atoms. The van der Waals surface area contributed by atoms with E-state index in [2.05, 4.69) is 13.8 Å². The molecule has 0 saturated heterocycles. The summed E-state index contributed by atoms with van der Waals surface area (Å²) in [6.45, 7) is 4.20. The Bertz CT molecular complexity index is 540. The summed E-state index contributed by atoms with van der Waals surface area (Å²) in [6, 6.07) is 7.27. The van der Waals surface area contributed by atoms with E-state index >= 15 is 0 Å². The average molecular weight is 251 g/mol. The van der Waals surface area contributed by atoms with Crippen molar-refractivity contribution in [3.8, 4) is 0 Å². The predicted octanol–water partition coefficient (Wildman–Crippen LogP) is 4.71. The fourth-order valence-corrected chi connectivity index (χ4v) is 1.93. The minimum absolute atomic E-state index is 0.0472. The quantitative estimate of drug-likeness (QED) is 0.736. The predicted molar refractivity (Wildman–Crippen MR) is 69.6 cm³/mol. The molecular formula is C14H15ClO2. The first-order valence-electron chi connectivity index (χ1n) is 5.79. The van der Waals surface area contributed by atoms with Crippen LogP contribution in [0.15, 0.2) is 28.7 Å². The fraction of sp³-hybridized carbons (Fsp3) is 0.357. The lowest BCUT2D eigenvalue weighted by molar-refractivity contribution is 0.0950. The van der Waals surface area contributed by atoms with Crippen molar-refractivity contribution < 1.29 is 9.21 Å². The van der Waals surface area contributed by atoms with Gasteiger partial charge < -0.3 is 4.42 Å². The third kappa shape index (κ3) is 2.70. The molecule has 2 rings (SSSR count). The SMILES string of the molecule is CC(C)CCC(=O)c1cc2cccc(Cl)c2o1. The number of benzene rings is 1. The van der Waals surface area contributed by atoms with Crippen LogP contribution in [0, 0.1) is 5.92 Å². The highest BCUT2D eigenvalue weighted by Crippen LogP contribution is 2.27. The third-order valence-corrected chi connectivity index (χ3v) is 3.02. The Kier molecular flexibility index (Phi) is 3.53. The summed E-state index contributed by atoms with van der Waals surface area (Å²) in [5.41, 5.74) is 0.599. The van der Waals surface area contributed by atoms with E-state index in [1.807, 2.05) is 12.1 Å². The lowest BCUT2D eigenvalue weighted by Crippen LogP contribution is -1.99. The number of rotatable bonds is 4. The van der Waals surface area contributed by atoms with Crippen molar-refractivity contribution in [2.24, 2.45) is 5.92 Å². The molecule has 0 atom stereocenters. The van der Waals surface area contributed by atoms with Gasteiger partial charge in [-0.2, -0.15) is 0 Å². The highest BCUT2D eigenvalue weighted by atomic mass is 35.5. The molecule has 1 aromatic carbocycles. The average Bonchev–Trinajstić information content (AvgIpc) is 2.71. The molecule has 0 aliphatic carbocycles. The van der Waals surface area contributed by atoms with Crippen LogP contribution in [-0.4, -0.2) is 5.78 Å². The number of Topliss-reactive ketones (excluding diaryl/α,β-unsaturated/α-hetero) is 1. The molecule has 0 N–H and O–H groups in total. The van der Waals surface area contributed by atoms with Crippen LogP contribution in [0.4, 0.5) is 0 Å². The second kappa shape index (κ2) is 4.92. The molecule has 0 fully saturated rings. The van der Waals surface area contributed by atoms with Crippen LogP contribution in [0.25, 0.3) is 11.0 Å². The van der Waals surface area contributed by atoms with Gasteiger partial charge in [0.2, 0.25) is 0 Å². The molecule has 17 heavy (non-hydrogen) atoms. The first-order chi connectivity index (χ1) is 8.08. The number of carbonyl (C=O) groups is 1. The van der Waals surface area contributed by atoms with E-state index in [-0.39, 0.29) is 5.78 Å². The second-order valence-corrected chi connectivity index (χ2v) is 5.03. The minimum Gasteiger partial charge on any atom is -0.451 e. The van der Waals surface area contributed by atoms with Gasteiger partial charge in [-0.3, -0.25) is 4.79 Å². The van der Waals surface area contributed by atoms with Gasteiger partial charge in [0.25, 0.3) is 0 Å². The van der Waals surface area contributed by atoms with Crippen molar-refractivity contribution in [3.05, 3.63) is 35.0 Å². The van der Waals surface area contributed by atoms with E-state index in [1.54, 1.807) is 12.1 Å². The largest absolute Gasteiger partial charge is 0.451 e. The maximum absolute atomic E-state index is 11.9. The maximum Gasteiger partial charge on any atom is 0.198 e. The normalized spacial score (nSPS) is 11.3. The zero-order valence-corrected chi connectivity index (χ0v) is 10.8. The van der Waals surface area contributed by atoms with E-state index in [9.17, 15) is 4.79 Å². The Morgan fingerprint density at radius 2 is 2.18 bits per heavy atom. The van der Waals surface area contributed by atoms with Gasteiger partial charge in [0.15, 0.2) is 17.1 Å². The molecule has 0 aliphatic rings. The molecule has 0 unspecified atom stereocenters. The highest BCUT2D eigenvalue weighted by Gasteiger charge is 2.13. The minimum atomic E-state index is 0.0472. The van der Waals surface area contributed by atoms with Crippen LogP contribution in [0.1, 0.15) is 37.2 Å². The van der Waals surface area contributed by atoms with E-state index in [4.69, 9.17) is 16.0 Å². The zero-order valence-electron chi connectivity index (χ0n) is 10.00. The van der Waals surface area contributed by atoms with E-state index in [1.165, 1.54) is 0 Å². The topological polar surface area (TPSA) is 30.2 Å². The van der Waals surface area contributed by atoms with Gasteiger partial charge in [0.1, 0.15) is 0 Å². The van der Waals surface area contributed by atoms with Crippen molar-refractivity contribution >= 4 is 28.4 Å². The lowest BCUT2D eigenvalue weighted by Gasteiger charge is -2.01. The molecule has 0 saturated carbocycles. The number of hydrogen-bond donors (Lipinski definition) is 0. The number of furan rings is 1. The monoisotopic (exact) mass is 250 g/mol. The van der Waals surface area contributed by atoms with Gasteiger partial charge in [-0.05, 0) is 24.5 Å². The van der Waals surface area contributed by atoms with Crippen LogP contribution >= 0.6 is 11.6 Å². The maximum atomic E-state index is 11.9. The standard InChI is InChI=1S/C14H15ClO2/c1-9(2)6-7-12(16)13-8-10-4-3-5-11(15)14(10)17-13/h3-5,8-9H,6-7H2,1-2H3. The van der Waals surface area contributed by atoms with Gasteiger partial charge in [-0.25, -0.2) is 0 Å². The zero-order chi connectivity index (χ0) is 12.4. The van der Waals surface area contributed by atoms with Crippen molar-refractivity contribution in [2.45, 2.75) is 26.7 Å². The number of ketones is 1. The first-order valence-corrected chi connectivity index (χ1v) is 6.17. The molecule has 0 radical (unpaired) electrons. The Morgan fingerprint density at radius 1 is 1.41 bits per heavy atom. The van der Waals surface area contributed by atoms with Crippen LogP contribution in [0.2, 0.25) is 5.02 Å². The lowest BCUT2D eigenvalue weighted by atomic mass is 10.0. The fourth-order valence-electron chi connectivity index (χ4n) is 1.71. The van der Waals surface area contributed by atoms with Gasteiger partial charge in [-0.1, -0.05) is 37.6 Å². The molecule has 2 nitrogen and oxygen atoms in total. The summed E-state index contributed by atoms with van der Waals surface area (Å²) in [4.78, 5) is 11.9. The van der Waals surface area contributed by atoms with Crippen LogP contribution in [0.3, 0.4) is 0 Å². The second-order valence-electron chi connectivity index (χ2n) is 4.62. The number of hydrogen-bond acceptors (Lipinski definition) is 2. The van der Waals surface area contributed by atoms with Gasteiger partial charge >= 0.3 is 0 Å². The van der Waals surface area contributed by atoms with Crippen LogP contribution in [-0.2, 0) is 0 Å². The molecule has 1 aromatic heterocycles. The third-order valence-electron chi connectivity index (χ3n) is 2.72. The summed E-state index contributed by atoms with van der Waals surface area (Å²) in [6.07, 6.45) is 1.40. The molecule has 0 bridgehead atoms. The Hall–Kier alpha value is -1.28. The number of halogens is 1. The van der Waals surface area contributed by atoms with Gasteiger partial charge in [-0.15, -0.1) is 0 Å². The first kappa shape index (κ1) is 12.2. The summed E-state index contributed by atoms with van der Waals surface area (Å²) in [5, 5.41) is 1.43. The van der Waals surface area contributed by atoms with Crippen molar-refractivity contribution in [3.63, 3.8) is 0 Å². The molecule has 0 aliphatic heterocycles. The van der Waals surface area contributed by atoms with Gasteiger partial charge in [0, 0.05) is 11.8 Å². The van der Waals surface area contributed by atoms with Gasteiger partial charge in [0.05, 0.1) is 5.02 Å². The molecule has 3 heteroatoms. The number of fused-ring (bicyclic) bond motifs is 1. The van der Waals surface area contributed by atoms with Crippen molar-refractivity contribution in [1.29, 1.82) is 0 Å². The molecule has 2 aromatic rings. The van der Waals surface area contributed by atoms with E-state index < -0.39 is 0 Å². The summed E-state index contributed by atoms with van der Waals surface area (Å²) < 4.78 is 5.51. The molecule has 1 heterocycles. The number of carbonyl (C=O) groups excluding carboxylic acids is 1. The smallest absolute Gasteiger partial charge is 0.198 e. The van der Waals surface area contributed by atoms with Crippen molar-refractivity contribution in [1.82, 2.24) is 0 Å². The van der Waals surface area contributed by atoms with Crippen LogP contribution < -0.4 is 0 Å². The summed E-state index contributed by atoms with van der Waals surface area (Å²) >= 11 is 6.00. The summed E-state index contributed by atoms with van der Waals surface area (Å²) in [7, 11) is 0. The van der Waals surface area contributed by atoms with E-state index in [0.29, 0.717) is 28.7 Å². The molecule has 0 amide bonds. The molecular weight excluding hydrogens is 236 g/mol. The Labute approximate surface area is 106 Å². The highest BCUT2D eigenvalue weighted by molar-refractivity contribution is 6.34. The van der Waals surface area contributed by atoms with Crippen molar-refractivity contribution in [2.75, 3.05) is 0 Å². The summed E-state index contributed by atoms with van der Waals surface area (Å²) in [5.74, 6) is 0.978.